The molecule has 2 N–H and O–H groups in total. The van der Waals surface area contributed by atoms with Gasteiger partial charge in [-0.3, -0.25) is 9.59 Å². The molecule has 0 aromatic carbocycles. The predicted octanol–water partition coefficient (Wildman–Crippen LogP) is 2.70. The number of anilines is 1. The minimum atomic E-state index is -1.01. The highest BCUT2D eigenvalue weighted by Crippen LogP contribution is 2.31. The van der Waals surface area contributed by atoms with E-state index in [0.717, 1.165) is 0 Å². The van der Waals surface area contributed by atoms with E-state index in [1.165, 1.54) is 6.20 Å². The zero-order chi connectivity index (χ0) is 15.9. The van der Waals surface area contributed by atoms with E-state index in [1.54, 1.807) is 26.0 Å². The van der Waals surface area contributed by atoms with Gasteiger partial charge in [-0.25, -0.2) is 4.98 Å². The van der Waals surface area contributed by atoms with E-state index < -0.39 is 11.4 Å². The van der Waals surface area contributed by atoms with Gasteiger partial charge in [-0.15, -0.1) is 0 Å². The maximum absolute atomic E-state index is 12.0. The molecule has 0 bridgehead atoms. The molecule has 0 aliphatic carbocycles. The van der Waals surface area contributed by atoms with Crippen LogP contribution in [-0.2, 0) is 9.59 Å². The van der Waals surface area contributed by atoms with Crippen molar-refractivity contribution in [1.82, 2.24) is 4.98 Å². The van der Waals surface area contributed by atoms with Crippen LogP contribution in [0.4, 0.5) is 5.69 Å². The number of carbonyl (C=O) groups is 2. The minimum absolute atomic E-state index is 0.0530. The molecule has 116 valence electrons. The molecule has 0 aliphatic rings. The number of nitrogens with zero attached hydrogens (tertiary/aromatic N) is 1. The van der Waals surface area contributed by atoms with E-state index in [4.69, 9.17) is 4.74 Å². The molecule has 1 amide bonds. The molecule has 6 heteroatoms. The molecular formula is C15H22N2O4. The number of carboxylic acid groups (broad SMARTS) is 1. The van der Waals surface area contributed by atoms with Crippen molar-refractivity contribution in [2.45, 2.75) is 40.0 Å². The zero-order valence-corrected chi connectivity index (χ0v) is 12.7. The van der Waals surface area contributed by atoms with Crippen LogP contribution in [0.2, 0.25) is 0 Å². The highest BCUT2D eigenvalue weighted by molar-refractivity contribution is 5.94. The monoisotopic (exact) mass is 294 g/mol. The van der Waals surface area contributed by atoms with Crippen LogP contribution in [-0.4, -0.2) is 28.6 Å². The van der Waals surface area contributed by atoms with Gasteiger partial charge in [0, 0.05) is 12.5 Å². The van der Waals surface area contributed by atoms with Crippen LogP contribution in [0.5, 0.6) is 5.88 Å². The lowest BCUT2D eigenvalue weighted by Crippen LogP contribution is -2.34. The van der Waals surface area contributed by atoms with Gasteiger partial charge >= 0.3 is 5.97 Å². The van der Waals surface area contributed by atoms with Gasteiger partial charge in [-0.1, -0.05) is 13.8 Å². The van der Waals surface area contributed by atoms with Crippen molar-refractivity contribution in [2.75, 3.05) is 11.9 Å². The van der Waals surface area contributed by atoms with E-state index in [2.05, 4.69) is 10.3 Å². The number of pyridine rings is 1. The molecule has 0 spiro atoms. The van der Waals surface area contributed by atoms with Crippen molar-refractivity contribution < 1.29 is 19.4 Å². The van der Waals surface area contributed by atoms with Crippen molar-refractivity contribution in [2.24, 2.45) is 5.41 Å². The molecular weight excluding hydrogens is 272 g/mol. The van der Waals surface area contributed by atoms with Crippen LogP contribution in [0.15, 0.2) is 18.3 Å². The fourth-order valence-electron chi connectivity index (χ4n) is 2.08. The Bertz CT molecular complexity index is 481. The van der Waals surface area contributed by atoms with Gasteiger partial charge in [0.25, 0.3) is 0 Å². The van der Waals surface area contributed by atoms with Gasteiger partial charge in [0.05, 0.1) is 23.9 Å². The number of aromatic nitrogens is 1. The lowest BCUT2D eigenvalue weighted by molar-refractivity contribution is -0.151. The Kier molecular flexibility index (Phi) is 6.14. The lowest BCUT2D eigenvalue weighted by atomic mass is 9.79. The third kappa shape index (κ3) is 4.44. The SMILES string of the molecule is CCOc1ccc(NC(=O)CC(CC)(CC)C(=O)O)cn1. The molecule has 1 heterocycles. The van der Waals surface area contributed by atoms with E-state index in [9.17, 15) is 14.7 Å². The van der Waals surface area contributed by atoms with Gasteiger partial charge in [0.15, 0.2) is 0 Å². The van der Waals surface area contributed by atoms with E-state index in [0.29, 0.717) is 31.0 Å². The number of hydrogen-bond donors (Lipinski definition) is 2. The van der Waals surface area contributed by atoms with E-state index >= 15 is 0 Å². The number of ether oxygens (including phenoxy) is 1. The third-order valence-electron chi connectivity index (χ3n) is 3.62. The Morgan fingerprint density at radius 1 is 1.29 bits per heavy atom. The lowest BCUT2D eigenvalue weighted by Gasteiger charge is -2.25. The molecule has 21 heavy (non-hydrogen) atoms. The standard InChI is InChI=1S/C15H22N2O4/c1-4-15(5-2,14(19)20)9-12(18)17-11-7-8-13(16-10-11)21-6-3/h7-8,10H,4-6,9H2,1-3H3,(H,17,18)(H,19,20). The van der Waals surface area contributed by atoms with E-state index in [-0.39, 0.29) is 12.3 Å². The van der Waals surface area contributed by atoms with Crippen LogP contribution >= 0.6 is 0 Å². The summed E-state index contributed by atoms with van der Waals surface area (Å²) in [6.45, 7) is 5.94. The molecule has 0 radical (unpaired) electrons. The number of aliphatic carboxylic acids is 1. The van der Waals surface area contributed by atoms with Gasteiger partial charge in [-0.05, 0) is 25.8 Å². The summed E-state index contributed by atoms with van der Waals surface area (Å²) in [6, 6.07) is 3.33. The summed E-state index contributed by atoms with van der Waals surface area (Å²) in [7, 11) is 0. The normalized spacial score (nSPS) is 11.0. The summed E-state index contributed by atoms with van der Waals surface area (Å²) < 4.78 is 5.21. The molecule has 0 unspecified atom stereocenters. The van der Waals surface area contributed by atoms with Crippen LogP contribution in [0.1, 0.15) is 40.0 Å². The van der Waals surface area contributed by atoms with Crippen LogP contribution in [0.25, 0.3) is 0 Å². The van der Waals surface area contributed by atoms with Crippen LogP contribution in [0, 0.1) is 5.41 Å². The second-order valence-corrected chi connectivity index (χ2v) is 4.84. The second kappa shape index (κ2) is 7.61. The topological polar surface area (TPSA) is 88.5 Å². The first-order valence-corrected chi connectivity index (χ1v) is 7.09. The van der Waals surface area contributed by atoms with E-state index in [1.807, 2.05) is 6.92 Å². The maximum Gasteiger partial charge on any atom is 0.310 e. The summed E-state index contributed by atoms with van der Waals surface area (Å²) in [4.78, 5) is 27.4. The second-order valence-electron chi connectivity index (χ2n) is 4.84. The van der Waals surface area contributed by atoms with Crippen molar-refractivity contribution in [3.8, 4) is 5.88 Å². The van der Waals surface area contributed by atoms with Crippen molar-refractivity contribution in [1.29, 1.82) is 0 Å². The quantitative estimate of drug-likeness (QED) is 0.769. The molecule has 0 fully saturated rings. The molecule has 6 nitrogen and oxygen atoms in total. The van der Waals surface area contributed by atoms with Crippen LogP contribution in [0.3, 0.4) is 0 Å². The first-order chi connectivity index (χ1) is 9.97. The summed E-state index contributed by atoms with van der Waals surface area (Å²) >= 11 is 0. The summed E-state index contributed by atoms with van der Waals surface area (Å²) in [5.41, 5.74) is -0.488. The first kappa shape index (κ1) is 16.9. The molecule has 0 saturated carbocycles. The van der Waals surface area contributed by atoms with Gasteiger partial charge in [0.1, 0.15) is 0 Å². The largest absolute Gasteiger partial charge is 0.481 e. The molecule has 1 aromatic rings. The number of carboxylic acids is 1. The average Bonchev–Trinajstić information content (AvgIpc) is 2.47. The number of amides is 1. The molecule has 0 atom stereocenters. The Morgan fingerprint density at radius 3 is 2.38 bits per heavy atom. The van der Waals surface area contributed by atoms with Gasteiger partial charge < -0.3 is 15.2 Å². The Hall–Kier alpha value is -2.11. The average molecular weight is 294 g/mol. The van der Waals surface area contributed by atoms with Crippen molar-refractivity contribution in [3.63, 3.8) is 0 Å². The zero-order valence-electron chi connectivity index (χ0n) is 12.7. The molecule has 0 saturated heterocycles. The highest BCUT2D eigenvalue weighted by Gasteiger charge is 2.37. The van der Waals surface area contributed by atoms with Gasteiger partial charge in [0.2, 0.25) is 11.8 Å². The maximum atomic E-state index is 12.0. The highest BCUT2D eigenvalue weighted by atomic mass is 16.5. The number of hydrogen-bond acceptors (Lipinski definition) is 4. The third-order valence-corrected chi connectivity index (χ3v) is 3.62. The molecule has 1 aromatic heterocycles. The summed E-state index contributed by atoms with van der Waals surface area (Å²) in [5.74, 6) is -0.781. The van der Waals surface area contributed by atoms with Crippen molar-refractivity contribution >= 4 is 17.6 Å². The van der Waals surface area contributed by atoms with Crippen LogP contribution < -0.4 is 10.1 Å². The minimum Gasteiger partial charge on any atom is -0.481 e. The predicted molar refractivity (Wildman–Crippen MR) is 79.3 cm³/mol. The number of carbonyl (C=O) groups excluding carboxylic acids is 1. The fraction of sp³-hybridized carbons (Fsp3) is 0.533. The van der Waals surface area contributed by atoms with Crippen molar-refractivity contribution in [3.05, 3.63) is 18.3 Å². The molecule has 0 aliphatic heterocycles. The number of rotatable bonds is 8. The number of nitrogens with one attached hydrogen (secondary N) is 1. The summed E-state index contributed by atoms with van der Waals surface area (Å²) in [5, 5.41) is 12.0. The smallest absolute Gasteiger partial charge is 0.310 e. The van der Waals surface area contributed by atoms with Gasteiger partial charge in [-0.2, -0.15) is 0 Å². The first-order valence-electron chi connectivity index (χ1n) is 7.09. The Labute approximate surface area is 124 Å². The molecule has 1 rings (SSSR count). The summed E-state index contributed by atoms with van der Waals surface area (Å²) in [6.07, 6.45) is 2.26. The fourth-order valence-corrected chi connectivity index (χ4v) is 2.08. The Morgan fingerprint density at radius 2 is 1.95 bits per heavy atom. The Balaban J connectivity index is 2.70.